The zero-order valence-electron chi connectivity index (χ0n) is 31.3. The van der Waals surface area contributed by atoms with Gasteiger partial charge in [0, 0.05) is 24.7 Å². The minimum atomic E-state index is -1.82. The van der Waals surface area contributed by atoms with E-state index in [1.165, 1.54) is 13.8 Å². The highest BCUT2D eigenvalue weighted by Gasteiger charge is 2.73. The third kappa shape index (κ3) is 6.22. The van der Waals surface area contributed by atoms with E-state index in [1.807, 2.05) is 13.8 Å². The molecule has 50 heavy (non-hydrogen) atoms. The molecule has 1 aliphatic heterocycles. The number of ether oxygens (including phenoxy) is 3. The molecule has 5 aliphatic rings. The van der Waals surface area contributed by atoms with Crippen LogP contribution in [0.4, 0.5) is 0 Å². The third-order valence-corrected chi connectivity index (χ3v) is 14.4. The molecule has 1 saturated heterocycles. The maximum absolute atomic E-state index is 13.8. The van der Waals surface area contributed by atoms with Gasteiger partial charge in [0.2, 0.25) is 0 Å². The van der Waals surface area contributed by atoms with Crippen LogP contribution in [0.3, 0.4) is 0 Å². The second-order valence-corrected chi connectivity index (χ2v) is 18.3. The number of fused-ring (bicyclic) bond motifs is 5. The standard InChI is InChI=1S/C38H62O12/c1-19(40)48-23-17-37(8)25-11-10-20-21(16-22(31(45)34(20,4)5)49-32-29(44)28(43)27(42)24(18-39)50-32)35(25,6)14-15-36(37,7)30(23)38(9,47)26(41)12-13-33(2,3)46/h10,21-25,27-32,39,42-47H,11-18H2,1-9H3/t21-,22-,23-,24-,25+,27+,28+,29+,30+,31-,32-,35-,36+,37+,38+/m0/s1. The summed E-state index contributed by atoms with van der Waals surface area (Å²) < 4.78 is 17.9. The Hall–Kier alpha value is -1.48. The first-order valence-electron chi connectivity index (χ1n) is 18.4. The van der Waals surface area contributed by atoms with Crippen LogP contribution in [-0.2, 0) is 23.8 Å². The van der Waals surface area contributed by atoms with E-state index in [2.05, 4.69) is 26.8 Å². The van der Waals surface area contributed by atoms with Crippen LogP contribution in [0.5, 0.6) is 0 Å². The fourth-order valence-electron chi connectivity index (χ4n) is 11.4. The van der Waals surface area contributed by atoms with E-state index >= 15 is 0 Å². The van der Waals surface area contributed by atoms with Crippen molar-refractivity contribution in [2.75, 3.05) is 6.61 Å². The molecule has 0 bridgehead atoms. The maximum atomic E-state index is 13.8. The van der Waals surface area contributed by atoms with Crippen LogP contribution in [0, 0.1) is 39.4 Å². The van der Waals surface area contributed by atoms with Crippen molar-refractivity contribution in [2.45, 2.75) is 167 Å². The van der Waals surface area contributed by atoms with Crippen molar-refractivity contribution in [1.29, 1.82) is 0 Å². The van der Waals surface area contributed by atoms with Gasteiger partial charge in [-0.25, -0.2) is 0 Å². The van der Waals surface area contributed by atoms with Gasteiger partial charge in [-0.2, -0.15) is 0 Å². The summed E-state index contributed by atoms with van der Waals surface area (Å²) in [6.45, 7) is 16.1. The predicted octanol–water partition coefficient (Wildman–Crippen LogP) is 2.16. The van der Waals surface area contributed by atoms with Crippen molar-refractivity contribution >= 4 is 11.8 Å². The summed E-state index contributed by atoms with van der Waals surface area (Å²) in [5.74, 6) is -1.58. The lowest BCUT2D eigenvalue weighted by molar-refractivity contribution is -0.324. The van der Waals surface area contributed by atoms with Crippen molar-refractivity contribution in [2.24, 2.45) is 39.4 Å². The van der Waals surface area contributed by atoms with E-state index in [1.54, 1.807) is 13.8 Å². The number of allylic oxidation sites excluding steroid dienone is 1. The SMILES string of the molecule is CC(=O)O[C@H]1C[C@]2(C)[C@@H]3CC=C4[C@H](C[C@H](O[C@H]5O[C@@H](CO)[C@@H](O)[C@@H](O)[C@H]5O)[C@H](O)C4(C)C)[C@]3(C)CC[C@]2(C)[C@@H]1[C@](C)(O)C(=O)CCC(C)(C)O. The summed E-state index contributed by atoms with van der Waals surface area (Å²) in [4.78, 5) is 26.3. The lowest BCUT2D eigenvalue weighted by Crippen LogP contribution is -2.64. The summed E-state index contributed by atoms with van der Waals surface area (Å²) in [6.07, 6.45) is -4.50. The summed E-state index contributed by atoms with van der Waals surface area (Å²) in [6, 6.07) is 0. The molecule has 1 heterocycles. The average Bonchev–Trinajstić information content (AvgIpc) is 3.24. The van der Waals surface area contributed by atoms with Gasteiger partial charge in [0.05, 0.1) is 24.4 Å². The number of aliphatic hydroxyl groups excluding tert-OH is 5. The molecular formula is C38H62O12. The van der Waals surface area contributed by atoms with Crippen molar-refractivity contribution in [3.8, 4) is 0 Å². The molecule has 0 aromatic carbocycles. The second-order valence-electron chi connectivity index (χ2n) is 18.3. The Labute approximate surface area is 296 Å². The molecule has 15 atom stereocenters. The highest BCUT2D eigenvalue weighted by Crippen LogP contribution is 2.75. The molecule has 3 saturated carbocycles. The van der Waals surface area contributed by atoms with E-state index in [0.29, 0.717) is 25.7 Å². The number of rotatable bonds is 9. The highest BCUT2D eigenvalue weighted by atomic mass is 16.7. The van der Waals surface area contributed by atoms with Crippen LogP contribution < -0.4 is 0 Å². The number of aliphatic hydroxyl groups is 7. The number of hydrogen-bond acceptors (Lipinski definition) is 12. The van der Waals surface area contributed by atoms with Crippen molar-refractivity contribution in [1.82, 2.24) is 0 Å². The van der Waals surface area contributed by atoms with Gasteiger partial charge in [0.1, 0.15) is 36.1 Å². The molecule has 12 heteroatoms. The molecule has 4 aliphatic carbocycles. The minimum Gasteiger partial charge on any atom is -0.462 e. The first-order valence-corrected chi connectivity index (χ1v) is 18.4. The number of carbonyl (C=O) groups is 2. The smallest absolute Gasteiger partial charge is 0.302 e. The predicted molar refractivity (Wildman–Crippen MR) is 181 cm³/mol. The van der Waals surface area contributed by atoms with Crippen LogP contribution in [0.15, 0.2) is 11.6 Å². The van der Waals surface area contributed by atoms with Gasteiger partial charge < -0.3 is 50.0 Å². The van der Waals surface area contributed by atoms with Gasteiger partial charge in [-0.1, -0.05) is 46.3 Å². The normalized spacial score (nSPS) is 46.9. The quantitative estimate of drug-likeness (QED) is 0.136. The molecule has 0 spiro atoms. The minimum absolute atomic E-state index is 0.0187. The van der Waals surface area contributed by atoms with Gasteiger partial charge >= 0.3 is 5.97 Å². The van der Waals surface area contributed by atoms with E-state index < -0.39 is 95.0 Å². The number of hydrogen-bond donors (Lipinski definition) is 7. The zero-order chi connectivity index (χ0) is 37.6. The molecule has 286 valence electrons. The van der Waals surface area contributed by atoms with E-state index in [4.69, 9.17) is 14.2 Å². The second kappa shape index (κ2) is 13.1. The Morgan fingerprint density at radius 3 is 2.16 bits per heavy atom. The topological polar surface area (TPSA) is 203 Å². The van der Waals surface area contributed by atoms with E-state index in [-0.39, 0.29) is 35.9 Å². The van der Waals surface area contributed by atoms with Gasteiger partial charge in [-0.05, 0) is 87.4 Å². The van der Waals surface area contributed by atoms with Gasteiger partial charge in [0.25, 0.3) is 0 Å². The highest BCUT2D eigenvalue weighted by molar-refractivity contribution is 5.87. The Kier molecular flexibility index (Phi) is 10.4. The summed E-state index contributed by atoms with van der Waals surface area (Å²) in [5.41, 5.74) is -3.94. The first kappa shape index (κ1) is 39.7. The first-order chi connectivity index (χ1) is 22.9. The lowest BCUT2D eigenvalue weighted by atomic mass is 9.38. The molecule has 0 unspecified atom stereocenters. The fourth-order valence-corrected chi connectivity index (χ4v) is 11.4. The van der Waals surface area contributed by atoms with E-state index in [9.17, 15) is 45.3 Å². The van der Waals surface area contributed by atoms with Crippen molar-refractivity contribution in [3.05, 3.63) is 11.6 Å². The Morgan fingerprint density at radius 1 is 0.940 bits per heavy atom. The number of carbonyl (C=O) groups excluding carboxylic acids is 2. The summed E-state index contributed by atoms with van der Waals surface area (Å²) >= 11 is 0. The maximum Gasteiger partial charge on any atom is 0.302 e. The molecule has 0 amide bonds. The molecule has 7 N–H and O–H groups in total. The van der Waals surface area contributed by atoms with Crippen LogP contribution >= 0.6 is 0 Å². The van der Waals surface area contributed by atoms with Gasteiger partial charge in [0.15, 0.2) is 12.1 Å². The van der Waals surface area contributed by atoms with Crippen molar-refractivity contribution < 1.29 is 59.5 Å². The third-order valence-electron chi connectivity index (χ3n) is 14.4. The van der Waals surface area contributed by atoms with Crippen LogP contribution in [0.2, 0.25) is 0 Å². The Balaban J connectivity index is 1.49. The molecule has 0 aromatic rings. The van der Waals surface area contributed by atoms with Gasteiger partial charge in [-0.15, -0.1) is 0 Å². The number of ketones is 1. The largest absolute Gasteiger partial charge is 0.462 e. The lowest BCUT2D eigenvalue weighted by Gasteiger charge is -2.66. The molecule has 0 aromatic heterocycles. The monoisotopic (exact) mass is 710 g/mol. The Morgan fingerprint density at radius 2 is 1.58 bits per heavy atom. The molecule has 4 fully saturated rings. The van der Waals surface area contributed by atoms with Crippen molar-refractivity contribution in [3.63, 3.8) is 0 Å². The van der Waals surface area contributed by atoms with E-state index in [0.717, 1.165) is 12.0 Å². The van der Waals surface area contributed by atoms with Crippen LogP contribution in [0.1, 0.15) is 107 Å². The molecule has 5 rings (SSSR count). The average molecular weight is 711 g/mol. The molecule has 0 radical (unpaired) electrons. The molecular weight excluding hydrogens is 648 g/mol. The van der Waals surface area contributed by atoms with Crippen LogP contribution in [0.25, 0.3) is 0 Å². The summed E-state index contributed by atoms with van der Waals surface area (Å²) in [7, 11) is 0. The van der Waals surface area contributed by atoms with Gasteiger partial charge in [-0.3, -0.25) is 9.59 Å². The summed E-state index contributed by atoms with van der Waals surface area (Å²) in [5, 5.41) is 75.4. The number of esters is 1. The molecule has 12 nitrogen and oxygen atoms in total. The fraction of sp³-hybridized carbons (Fsp3) is 0.895. The number of Topliss-reactive ketones (excluding diaryl/α,β-unsaturated/α-hetero) is 1. The zero-order valence-corrected chi connectivity index (χ0v) is 31.3. The van der Waals surface area contributed by atoms with Crippen LogP contribution in [-0.4, -0.2) is 114 Å². The Bertz CT molecular complexity index is 1340.